The highest BCUT2D eigenvalue weighted by molar-refractivity contribution is 5.70. The summed E-state index contributed by atoms with van der Waals surface area (Å²) in [6.45, 7) is 2.82. The highest BCUT2D eigenvalue weighted by Crippen LogP contribution is 2.35. The second-order valence-corrected chi connectivity index (χ2v) is 5.49. The number of rotatable bonds is 3. The lowest BCUT2D eigenvalue weighted by molar-refractivity contribution is 0.573. The summed E-state index contributed by atoms with van der Waals surface area (Å²) in [6.07, 6.45) is 3.53. The number of hydrogen-bond acceptors (Lipinski definition) is 5. The number of para-hydroxylation sites is 2. The van der Waals surface area contributed by atoms with Gasteiger partial charge in [0.05, 0.1) is 24.0 Å². The van der Waals surface area contributed by atoms with Crippen molar-refractivity contribution in [3.8, 4) is 0 Å². The van der Waals surface area contributed by atoms with Crippen molar-refractivity contribution >= 4 is 11.4 Å². The van der Waals surface area contributed by atoms with Crippen LogP contribution in [-0.4, -0.2) is 33.3 Å². The van der Waals surface area contributed by atoms with Crippen molar-refractivity contribution < 1.29 is 0 Å². The smallest absolute Gasteiger partial charge is 0.170 e. The number of benzene rings is 1. The van der Waals surface area contributed by atoms with Gasteiger partial charge in [-0.25, -0.2) is 4.68 Å². The van der Waals surface area contributed by atoms with Crippen molar-refractivity contribution in [3.05, 3.63) is 30.1 Å². The first-order valence-corrected chi connectivity index (χ1v) is 7.26. The molecule has 2 heterocycles. The molecular formula is C14H18N6. The Morgan fingerprint density at radius 2 is 2.15 bits per heavy atom. The molecule has 6 nitrogen and oxygen atoms in total. The van der Waals surface area contributed by atoms with Gasteiger partial charge in [0.1, 0.15) is 0 Å². The van der Waals surface area contributed by atoms with Crippen LogP contribution in [-0.2, 0) is 6.54 Å². The number of aromatic nitrogens is 4. The summed E-state index contributed by atoms with van der Waals surface area (Å²) in [5, 5.41) is 15.7. The SMILES string of the molecule is c1ccc2c(c1)NCCCN2Cc1nnnn1C1CC1. The molecule has 1 aliphatic carbocycles. The molecule has 0 spiro atoms. The van der Waals surface area contributed by atoms with Gasteiger partial charge in [0.15, 0.2) is 5.82 Å². The van der Waals surface area contributed by atoms with Crippen molar-refractivity contribution in [3.63, 3.8) is 0 Å². The molecule has 0 amide bonds. The van der Waals surface area contributed by atoms with Crippen LogP contribution in [0.3, 0.4) is 0 Å². The Kier molecular flexibility index (Phi) is 2.79. The van der Waals surface area contributed by atoms with E-state index >= 15 is 0 Å². The van der Waals surface area contributed by atoms with Crippen LogP contribution in [0.25, 0.3) is 0 Å². The third-order valence-corrected chi connectivity index (χ3v) is 3.95. The van der Waals surface area contributed by atoms with E-state index < -0.39 is 0 Å². The van der Waals surface area contributed by atoms with Crippen molar-refractivity contribution in [2.24, 2.45) is 0 Å². The molecule has 0 bridgehead atoms. The zero-order valence-corrected chi connectivity index (χ0v) is 11.4. The van der Waals surface area contributed by atoms with Gasteiger partial charge in [0.25, 0.3) is 0 Å². The lowest BCUT2D eigenvalue weighted by Gasteiger charge is -2.23. The monoisotopic (exact) mass is 270 g/mol. The molecule has 4 rings (SSSR count). The van der Waals surface area contributed by atoms with E-state index in [-0.39, 0.29) is 0 Å². The van der Waals surface area contributed by atoms with Gasteiger partial charge in [-0.15, -0.1) is 5.10 Å². The van der Waals surface area contributed by atoms with Crippen LogP contribution in [0, 0.1) is 0 Å². The molecule has 6 heteroatoms. The van der Waals surface area contributed by atoms with E-state index in [9.17, 15) is 0 Å². The van der Waals surface area contributed by atoms with Gasteiger partial charge >= 0.3 is 0 Å². The zero-order chi connectivity index (χ0) is 13.4. The quantitative estimate of drug-likeness (QED) is 0.922. The second kappa shape index (κ2) is 4.77. The molecule has 1 aromatic carbocycles. The fraction of sp³-hybridized carbons (Fsp3) is 0.500. The highest BCUT2D eigenvalue weighted by atomic mass is 15.6. The maximum absolute atomic E-state index is 4.21. The van der Waals surface area contributed by atoms with E-state index in [1.54, 1.807) is 0 Å². The predicted molar refractivity (Wildman–Crippen MR) is 76.7 cm³/mol. The Morgan fingerprint density at radius 1 is 1.25 bits per heavy atom. The lowest BCUT2D eigenvalue weighted by atomic mass is 10.2. The molecular weight excluding hydrogens is 252 g/mol. The fourth-order valence-corrected chi connectivity index (χ4v) is 2.77. The summed E-state index contributed by atoms with van der Waals surface area (Å²) in [6, 6.07) is 8.99. The number of nitrogens with one attached hydrogen (secondary N) is 1. The Morgan fingerprint density at radius 3 is 3.05 bits per heavy atom. The summed E-state index contributed by atoms with van der Waals surface area (Å²) in [5.41, 5.74) is 2.45. The molecule has 1 N–H and O–H groups in total. The Hall–Kier alpha value is -2.11. The molecule has 1 fully saturated rings. The minimum Gasteiger partial charge on any atom is -0.383 e. The minimum atomic E-state index is 0.528. The van der Waals surface area contributed by atoms with Gasteiger partial charge in [0.2, 0.25) is 0 Å². The summed E-state index contributed by atoms with van der Waals surface area (Å²) < 4.78 is 2.00. The largest absolute Gasteiger partial charge is 0.383 e. The molecule has 1 aromatic heterocycles. The van der Waals surface area contributed by atoms with Crippen molar-refractivity contribution in [2.75, 3.05) is 23.3 Å². The van der Waals surface area contributed by atoms with E-state index in [0.717, 1.165) is 31.9 Å². The normalized spacial score (nSPS) is 18.3. The van der Waals surface area contributed by atoms with E-state index in [4.69, 9.17) is 0 Å². The van der Waals surface area contributed by atoms with Gasteiger partial charge in [-0.05, 0) is 41.8 Å². The van der Waals surface area contributed by atoms with Crippen LogP contribution in [0.2, 0.25) is 0 Å². The molecule has 2 aromatic rings. The number of nitrogens with zero attached hydrogens (tertiary/aromatic N) is 5. The molecule has 0 radical (unpaired) electrons. The van der Waals surface area contributed by atoms with Gasteiger partial charge in [-0.2, -0.15) is 0 Å². The Labute approximate surface area is 117 Å². The first-order chi connectivity index (χ1) is 9.92. The van der Waals surface area contributed by atoms with E-state index in [2.05, 4.69) is 50.0 Å². The van der Waals surface area contributed by atoms with Crippen LogP contribution in [0.5, 0.6) is 0 Å². The number of fused-ring (bicyclic) bond motifs is 1. The maximum Gasteiger partial charge on any atom is 0.170 e. The second-order valence-electron chi connectivity index (χ2n) is 5.49. The topological polar surface area (TPSA) is 58.9 Å². The standard InChI is InChI=1S/C14H18N6/c1-2-5-13-12(4-1)15-8-3-9-19(13)10-14-16-17-18-20(14)11-6-7-11/h1-2,4-5,11,15H,3,6-10H2. The summed E-state index contributed by atoms with van der Waals surface area (Å²) in [7, 11) is 0. The van der Waals surface area contributed by atoms with Gasteiger partial charge in [-0.1, -0.05) is 12.1 Å². The Bertz CT molecular complexity index is 603. The van der Waals surface area contributed by atoms with E-state index in [1.165, 1.54) is 24.2 Å². The van der Waals surface area contributed by atoms with Gasteiger partial charge in [-0.3, -0.25) is 0 Å². The molecule has 1 saturated carbocycles. The average molecular weight is 270 g/mol. The van der Waals surface area contributed by atoms with Crippen molar-refractivity contribution in [2.45, 2.75) is 31.8 Å². The van der Waals surface area contributed by atoms with Crippen LogP contribution in [0.15, 0.2) is 24.3 Å². The molecule has 20 heavy (non-hydrogen) atoms. The van der Waals surface area contributed by atoms with E-state index in [0.29, 0.717) is 6.04 Å². The molecule has 2 aliphatic rings. The van der Waals surface area contributed by atoms with Crippen molar-refractivity contribution in [1.29, 1.82) is 0 Å². The zero-order valence-electron chi connectivity index (χ0n) is 11.4. The third kappa shape index (κ3) is 2.11. The van der Waals surface area contributed by atoms with Crippen LogP contribution in [0.1, 0.15) is 31.1 Å². The van der Waals surface area contributed by atoms with Crippen LogP contribution >= 0.6 is 0 Å². The van der Waals surface area contributed by atoms with E-state index in [1.807, 2.05) is 4.68 Å². The molecule has 0 saturated heterocycles. The summed E-state index contributed by atoms with van der Waals surface area (Å²) in [5.74, 6) is 0.976. The maximum atomic E-state index is 4.21. The number of hydrogen-bond donors (Lipinski definition) is 1. The summed E-state index contributed by atoms with van der Waals surface area (Å²) in [4.78, 5) is 2.37. The van der Waals surface area contributed by atoms with Crippen LogP contribution in [0.4, 0.5) is 11.4 Å². The molecule has 1 aliphatic heterocycles. The lowest BCUT2D eigenvalue weighted by Crippen LogP contribution is -2.25. The molecule has 0 atom stereocenters. The predicted octanol–water partition coefficient (Wildman–Crippen LogP) is 1.83. The van der Waals surface area contributed by atoms with Gasteiger partial charge in [0, 0.05) is 13.1 Å². The highest BCUT2D eigenvalue weighted by Gasteiger charge is 2.28. The first kappa shape index (κ1) is 11.7. The third-order valence-electron chi connectivity index (χ3n) is 3.95. The minimum absolute atomic E-state index is 0.528. The van der Waals surface area contributed by atoms with Crippen molar-refractivity contribution in [1.82, 2.24) is 20.2 Å². The van der Waals surface area contributed by atoms with Gasteiger partial charge < -0.3 is 10.2 Å². The fourth-order valence-electron chi connectivity index (χ4n) is 2.77. The van der Waals surface area contributed by atoms with Crippen LogP contribution < -0.4 is 10.2 Å². The molecule has 104 valence electrons. The number of tetrazole rings is 1. The average Bonchev–Trinajstić information content (AvgIpc) is 3.25. The first-order valence-electron chi connectivity index (χ1n) is 7.26. The molecule has 0 unspecified atom stereocenters. The summed E-state index contributed by atoms with van der Waals surface area (Å²) >= 11 is 0. The number of anilines is 2. The Balaban J connectivity index is 1.63.